The second-order valence-corrected chi connectivity index (χ2v) is 4.66. The van der Waals surface area contributed by atoms with Crippen LogP contribution in [-0.4, -0.2) is 19.4 Å². The molecule has 0 bridgehead atoms. The summed E-state index contributed by atoms with van der Waals surface area (Å²) in [5, 5.41) is 3.38. The first-order valence-corrected chi connectivity index (χ1v) is 6.71. The topological polar surface area (TPSA) is 21.3 Å². The van der Waals surface area contributed by atoms with Gasteiger partial charge in [-0.3, -0.25) is 5.32 Å². The zero-order chi connectivity index (χ0) is 10.9. The van der Waals surface area contributed by atoms with Crippen molar-refractivity contribution in [3.8, 4) is 0 Å². The highest BCUT2D eigenvalue weighted by Crippen LogP contribution is 2.20. The van der Waals surface area contributed by atoms with E-state index < -0.39 is 0 Å². The molecule has 1 fully saturated rings. The van der Waals surface area contributed by atoms with Gasteiger partial charge in [-0.1, -0.05) is 46.0 Å². The summed E-state index contributed by atoms with van der Waals surface area (Å²) in [5.41, 5.74) is 0. The predicted molar refractivity (Wildman–Crippen MR) is 64.9 cm³/mol. The van der Waals surface area contributed by atoms with Crippen molar-refractivity contribution in [1.29, 1.82) is 0 Å². The van der Waals surface area contributed by atoms with Gasteiger partial charge in [0.25, 0.3) is 0 Å². The maximum Gasteiger partial charge on any atom is 0.108 e. The highest BCUT2D eigenvalue weighted by Gasteiger charge is 2.16. The summed E-state index contributed by atoms with van der Waals surface area (Å²) in [6, 6.07) is 0. The van der Waals surface area contributed by atoms with E-state index in [4.69, 9.17) is 4.74 Å². The molecule has 1 saturated heterocycles. The molecule has 0 aromatic heterocycles. The maximum atomic E-state index is 5.56. The summed E-state index contributed by atoms with van der Waals surface area (Å²) in [6.07, 6.45) is 9.77. The van der Waals surface area contributed by atoms with E-state index in [1.54, 1.807) is 0 Å². The van der Waals surface area contributed by atoms with Gasteiger partial charge in [-0.15, -0.1) is 0 Å². The van der Waals surface area contributed by atoms with Crippen LogP contribution in [0.4, 0.5) is 0 Å². The van der Waals surface area contributed by atoms with Crippen molar-refractivity contribution in [3.05, 3.63) is 0 Å². The molecule has 2 atom stereocenters. The second kappa shape index (κ2) is 8.12. The summed E-state index contributed by atoms with van der Waals surface area (Å²) in [6.45, 7) is 6.53. The van der Waals surface area contributed by atoms with E-state index in [1.165, 1.54) is 44.9 Å². The van der Waals surface area contributed by atoms with E-state index in [9.17, 15) is 0 Å². The normalized spacial score (nSPS) is 23.2. The van der Waals surface area contributed by atoms with Gasteiger partial charge in [0.15, 0.2) is 0 Å². The summed E-state index contributed by atoms with van der Waals surface area (Å²) in [7, 11) is 0. The van der Waals surface area contributed by atoms with Crippen LogP contribution >= 0.6 is 0 Å². The smallest absolute Gasteiger partial charge is 0.108 e. The van der Waals surface area contributed by atoms with Crippen LogP contribution < -0.4 is 5.32 Å². The van der Waals surface area contributed by atoms with Gasteiger partial charge in [0.2, 0.25) is 0 Å². The molecular weight excluding hydrogens is 186 g/mol. The molecular formula is C13H27NO. The lowest BCUT2D eigenvalue weighted by atomic mass is 9.93. The summed E-state index contributed by atoms with van der Waals surface area (Å²) in [5.74, 6) is 0.919. The minimum absolute atomic E-state index is 0.352. The molecule has 0 spiro atoms. The lowest BCUT2D eigenvalue weighted by Crippen LogP contribution is -2.23. The Morgan fingerprint density at radius 1 is 1.27 bits per heavy atom. The third-order valence-corrected chi connectivity index (χ3v) is 3.42. The minimum atomic E-state index is 0.352. The number of rotatable bonds is 8. The Morgan fingerprint density at radius 3 is 2.73 bits per heavy atom. The molecule has 15 heavy (non-hydrogen) atoms. The van der Waals surface area contributed by atoms with Crippen LogP contribution in [0.2, 0.25) is 0 Å². The van der Waals surface area contributed by atoms with Gasteiger partial charge in [-0.25, -0.2) is 0 Å². The van der Waals surface area contributed by atoms with Crippen molar-refractivity contribution in [3.63, 3.8) is 0 Å². The van der Waals surface area contributed by atoms with Crippen molar-refractivity contribution in [2.75, 3.05) is 13.2 Å². The van der Waals surface area contributed by atoms with E-state index >= 15 is 0 Å². The monoisotopic (exact) mass is 213 g/mol. The molecule has 1 aliphatic heterocycles. The fourth-order valence-corrected chi connectivity index (χ4v) is 2.29. The highest BCUT2D eigenvalue weighted by molar-refractivity contribution is 4.66. The fourth-order valence-electron chi connectivity index (χ4n) is 2.29. The lowest BCUT2D eigenvalue weighted by Gasteiger charge is -2.17. The summed E-state index contributed by atoms with van der Waals surface area (Å²) >= 11 is 0. The molecule has 90 valence electrons. The molecule has 1 aliphatic rings. The first-order chi connectivity index (χ1) is 7.36. The van der Waals surface area contributed by atoms with Crippen molar-refractivity contribution in [2.24, 2.45) is 5.92 Å². The molecule has 0 saturated carbocycles. The minimum Gasteiger partial charge on any atom is -0.362 e. The summed E-state index contributed by atoms with van der Waals surface area (Å²) < 4.78 is 5.56. The van der Waals surface area contributed by atoms with Gasteiger partial charge in [-0.2, -0.15) is 0 Å². The molecule has 1 rings (SSSR count). The largest absolute Gasteiger partial charge is 0.362 e. The SMILES string of the molecule is CCCCCC(CC)CCC1NCCO1. The molecule has 0 aromatic rings. The third-order valence-electron chi connectivity index (χ3n) is 3.42. The second-order valence-electron chi connectivity index (χ2n) is 4.66. The fraction of sp³-hybridized carbons (Fsp3) is 1.00. The number of hydrogen-bond donors (Lipinski definition) is 1. The zero-order valence-electron chi connectivity index (χ0n) is 10.4. The van der Waals surface area contributed by atoms with Gasteiger partial charge in [-0.05, 0) is 18.8 Å². The van der Waals surface area contributed by atoms with E-state index in [0.717, 1.165) is 19.1 Å². The zero-order valence-corrected chi connectivity index (χ0v) is 10.4. The van der Waals surface area contributed by atoms with Gasteiger partial charge < -0.3 is 4.74 Å². The van der Waals surface area contributed by atoms with Crippen molar-refractivity contribution in [1.82, 2.24) is 5.32 Å². The van der Waals surface area contributed by atoms with E-state index in [2.05, 4.69) is 19.2 Å². The Morgan fingerprint density at radius 2 is 2.13 bits per heavy atom. The van der Waals surface area contributed by atoms with E-state index in [-0.39, 0.29) is 0 Å². The molecule has 1 N–H and O–H groups in total. The molecule has 0 aromatic carbocycles. The molecule has 2 nitrogen and oxygen atoms in total. The Hall–Kier alpha value is -0.0800. The van der Waals surface area contributed by atoms with Gasteiger partial charge in [0.1, 0.15) is 6.23 Å². The van der Waals surface area contributed by atoms with Crippen LogP contribution in [0.15, 0.2) is 0 Å². The Bertz CT molecular complexity index is 143. The number of nitrogens with one attached hydrogen (secondary N) is 1. The Labute approximate surface area is 94.8 Å². The van der Waals surface area contributed by atoms with Crippen LogP contribution in [0.5, 0.6) is 0 Å². The predicted octanol–water partition coefficient (Wildman–Crippen LogP) is 3.32. The summed E-state index contributed by atoms with van der Waals surface area (Å²) in [4.78, 5) is 0. The van der Waals surface area contributed by atoms with Gasteiger partial charge in [0, 0.05) is 6.54 Å². The Kier molecular flexibility index (Phi) is 7.03. The maximum absolute atomic E-state index is 5.56. The molecule has 1 heterocycles. The first kappa shape index (κ1) is 13.0. The Balaban J connectivity index is 2.04. The van der Waals surface area contributed by atoms with Crippen LogP contribution in [0.3, 0.4) is 0 Å². The van der Waals surface area contributed by atoms with Crippen LogP contribution in [0, 0.1) is 5.92 Å². The average Bonchev–Trinajstić information content (AvgIpc) is 2.76. The van der Waals surface area contributed by atoms with Crippen molar-refractivity contribution < 1.29 is 4.74 Å². The van der Waals surface area contributed by atoms with Gasteiger partial charge >= 0.3 is 0 Å². The lowest BCUT2D eigenvalue weighted by molar-refractivity contribution is 0.0874. The average molecular weight is 213 g/mol. The molecule has 2 unspecified atom stereocenters. The molecule has 2 heteroatoms. The quantitative estimate of drug-likeness (QED) is 0.625. The standard InChI is InChI=1S/C13H27NO/c1-3-5-6-7-12(4-2)8-9-13-14-10-11-15-13/h12-14H,3-11H2,1-2H3. The van der Waals surface area contributed by atoms with E-state index in [0.29, 0.717) is 6.23 Å². The third kappa shape index (κ3) is 5.53. The van der Waals surface area contributed by atoms with Crippen LogP contribution in [0.25, 0.3) is 0 Å². The molecule has 0 amide bonds. The van der Waals surface area contributed by atoms with Gasteiger partial charge in [0.05, 0.1) is 6.61 Å². The van der Waals surface area contributed by atoms with Crippen LogP contribution in [0.1, 0.15) is 58.8 Å². The number of hydrogen-bond acceptors (Lipinski definition) is 2. The number of ether oxygens (including phenoxy) is 1. The molecule has 0 radical (unpaired) electrons. The first-order valence-electron chi connectivity index (χ1n) is 6.71. The van der Waals surface area contributed by atoms with E-state index in [1.807, 2.05) is 0 Å². The van der Waals surface area contributed by atoms with Crippen molar-refractivity contribution >= 4 is 0 Å². The van der Waals surface area contributed by atoms with Crippen LogP contribution in [-0.2, 0) is 4.74 Å². The highest BCUT2D eigenvalue weighted by atomic mass is 16.5. The van der Waals surface area contributed by atoms with Crippen molar-refractivity contribution in [2.45, 2.75) is 65.0 Å². The molecule has 0 aliphatic carbocycles. The number of unbranched alkanes of at least 4 members (excludes halogenated alkanes) is 2.